The highest BCUT2D eigenvalue weighted by molar-refractivity contribution is 9.10. The Bertz CT molecular complexity index is 424. The van der Waals surface area contributed by atoms with Crippen LogP contribution in [0.2, 0.25) is 0 Å². The SMILES string of the molecule is COC1(CNCC(=O)Nc2ccc(Br)cc2)CCC1. The first kappa shape index (κ1) is 14.5. The first-order valence-corrected chi connectivity index (χ1v) is 7.24. The van der Waals surface area contributed by atoms with E-state index in [2.05, 4.69) is 26.6 Å². The van der Waals surface area contributed by atoms with Crippen molar-refractivity contribution < 1.29 is 9.53 Å². The van der Waals surface area contributed by atoms with Crippen LogP contribution in [0.4, 0.5) is 5.69 Å². The number of carbonyl (C=O) groups is 1. The molecule has 1 aliphatic rings. The summed E-state index contributed by atoms with van der Waals surface area (Å²) in [6.45, 7) is 1.04. The fourth-order valence-corrected chi connectivity index (χ4v) is 2.43. The van der Waals surface area contributed by atoms with Crippen LogP contribution >= 0.6 is 15.9 Å². The summed E-state index contributed by atoms with van der Waals surface area (Å²) >= 11 is 3.36. The monoisotopic (exact) mass is 326 g/mol. The van der Waals surface area contributed by atoms with E-state index >= 15 is 0 Å². The Hall–Kier alpha value is -0.910. The highest BCUT2D eigenvalue weighted by Gasteiger charge is 2.36. The standard InChI is InChI=1S/C14H19BrN2O2/c1-19-14(7-2-8-14)10-16-9-13(18)17-12-5-3-11(15)4-6-12/h3-6,16H,2,7-10H2,1H3,(H,17,18). The van der Waals surface area contributed by atoms with Crippen LogP contribution in [0.15, 0.2) is 28.7 Å². The molecule has 0 aliphatic heterocycles. The molecule has 2 N–H and O–H groups in total. The van der Waals surface area contributed by atoms with Crippen LogP contribution in [0.25, 0.3) is 0 Å². The van der Waals surface area contributed by atoms with Crippen LogP contribution in [0.3, 0.4) is 0 Å². The number of hydrogen-bond acceptors (Lipinski definition) is 3. The molecule has 2 rings (SSSR count). The number of rotatable bonds is 6. The predicted molar refractivity (Wildman–Crippen MR) is 79.2 cm³/mol. The van der Waals surface area contributed by atoms with Crippen molar-refractivity contribution in [1.29, 1.82) is 0 Å². The Kier molecular flexibility index (Phi) is 4.96. The zero-order valence-corrected chi connectivity index (χ0v) is 12.6. The summed E-state index contributed by atoms with van der Waals surface area (Å²) < 4.78 is 6.48. The third-order valence-electron chi connectivity index (χ3n) is 3.56. The van der Waals surface area contributed by atoms with Crippen molar-refractivity contribution in [1.82, 2.24) is 5.32 Å². The van der Waals surface area contributed by atoms with Crippen LogP contribution in [0.1, 0.15) is 19.3 Å². The minimum atomic E-state index is -0.0438. The van der Waals surface area contributed by atoms with Crippen molar-refractivity contribution in [2.45, 2.75) is 24.9 Å². The maximum Gasteiger partial charge on any atom is 0.238 e. The third-order valence-corrected chi connectivity index (χ3v) is 4.09. The van der Waals surface area contributed by atoms with E-state index in [1.807, 2.05) is 24.3 Å². The Labute approximate surface area is 122 Å². The first-order valence-electron chi connectivity index (χ1n) is 6.45. The fourth-order valence-electron chi connectivity index (χ4n) is 2.17. The number of ether oxygens (including phenoxy) is 1. The van der Waals surface area contributed by atoms with Gasteiger partial charge in [0.05, 0.1) is 12.1 Å². The van der Waals surface area contributed by atoms with Gasteiger partial charge in [-0.15, -0.1) is 0 Å². The summed E-state index contributed by atoms with van der Waals surface area (Å²) in [7, 11) is 1.74. The van der Waals surface area contributed by atoms with Crippen LogP contribution in [-0.4, -0.2) is 31.7 Å². The lowest BCUT2D eigenvalue weighted by Gasteiger charge is -2.40. The molecule has 0 unspecified atom stereocenters. The molecular formula is C14H19BrN2O2. The van der Waals surface area contributed by atoms with Crippen LogP contribution < -0.4 is 10.6 Å². The summed E-state index contributed by atoms with van der Waals surface area (Å²) in [5, 5.41) is 6.01. The van der Waals surface area contributed by atoms with E-state index in [1.54, 1.807) is 7.11 Å². The van der Waals surface area contributed by atoms with Crippen LogP contribution in [-0.2, 0) is 9.53 Å². The third kappa shape index (κ3) is 4.03. The van der Waals surface area contributed by atoms with E-state index in [0.29, 0.717) is 6.54 Å². The number of nitrogens with one attached hydrogen (secondary N) is 2. The molecule has 0 spiro atoms. The fraction of sp³-hybridized carbons (Fsp3) is 0.500. The second-order valence-corrected chi connectivity index (χ2v) is 5.81. The van der Waals surface area contributed by atoms with Crippen molar-refractivity contribution in [3.05, 3.63) is 28.7 Å². The lowest BCUT2D eigenvalue weighted by atomic mass is 9.80. The van der Waals surface area contributed by atoms with Gasteiger partial charge in [-0.2, -0.15) is 0 Å². The van der Waals surface area contributed by atoms with Gasteiger partial charge in [-0.1, -0.05) is 15.9 Å². The van der Waals surface area contributed by atoms with Gasteiger partial charge in [0.15, 0.2) is 0 Å². The number of amides is 1. The topological polar surface area (TPSA) is 50.4 Å². The van der Waals surface area contributed by atoms with Gasteiger partial charge in [0.1, 0.15) is 0 Å². The molecule has 5 heteroatoms. The Morgan fingerprint density at radius 1 is 1.37 bits per heavy atom. The zero-order chi connectivity index (χ0) is 13.7. The quantitative estimate of drug-likeness (QED) is 0.844. The van der Waals surface area contributed by atoms with Gasteiger partial charge in [0.25, 0.3) is 0 Å². The van der Waals surface area contributed by atoms with Crippen molar-refractivity contribution in [3.8, 4) is 0 Å². The summed E-state index contributed by atoms with van der Waals surface area (Å²) in [4.78, 5) is 11.8. The summed E-state index contributed by atoms with van der Waals surface area (Å²) in [6, 6.07) is 7.53. The van der Waals surface area contributed by atoms with Gasteiger partial charge in [-0.3, -0.25) is 4.79 Å². The molecule has 1 aromatic rings. The molecule has 1 aromatic carbocycles. The summed E-state index contributed by atoms with van der Waals surface area (Å²) in [6.07, 6.45) is 3.36. The molecule has 1 amide bonds. The van der Waals surface area contributed by atoms with Gasteiger partial charge in [-0.05, 0) is 43.5 Å². The van der Waals surface area contributed by atoms with Crippen LogP contribution in [0.5, 0.6) is 0 Å². The molecule has 0 bridgehead atoms. The molecule has 1 aliphatic carbocycles. The van der Waals surface area contributed by atoms with E-state index in [0.717, 1.165) is 29.5 Å². The largest absolute Gasteiger partial charge is 0.377 e. The molecule has 0 atom stereocenters. The Balaban J connectivity index is 1.71. The molecule has 104 valence electrons. The lowest BCUT2D eigenvalue weighted by molar-refractivity contribution is -0.116. The predicted octanol–water partition coefficient (Wildman–Crippen LogP) is 2.55. The molecule has 4 nitrogen and oxygen atoms in total. The van der Waals surface area contributed by atoms with E-state index in [4.69, 9.17) is 4.74 Å². The average molecular weight is 327 g/mol. The highest BCUT2D eigenvalue weighted by atomic mass is 79.9. The molecule has 1 saturated carbocycles. The first-order chi connectivity index (χ1) is 9.13. The van der Waals surface area contributed by atoms with Gasteiger partial charge in [-0.25, -0.2) is 0 Å². The summed E-state index contributed by atoms with van der Waals surface area (Å²) in [5.74, 6) is -0.0344. The lowest BCUT2D eigenvalue weighted by Crippen LogP contribution is -2.49. The smallest absolute Gasteiger partial charge is 0.238 e. The zero-order valence-electron chi connectivity index (χ0n) is 11.0. The average Bonchev–Trinajstić information content (AvgIpc) is 2.35. The number of hydrogen-bond donors (Lipinski definition) is 2. The number of halogens is 1. The van der Waals surface area contributed by atoms with E-state index < -0.39 is 0 Å². The Morgan fingerprint density at radius 2 is 2.05 bits per heavy atom. The molecular weight excluding hydrogens is 308 g/mol. The number of anilines is 1. The molecule has 19 heavy (non-hydrogen) atoms. The second kappa shape index (κ2) is 6.50. The highest BCUT2D eigenvalue weighted by Crippen LogP contribution is 2.34. The van der Waals surface area contributed by atoms with Crippen molar-refractivity contribution in [3.63, 3.8) is 0 Å². The van der Waals surface area contributed by atoms with Crippen molar-refractivity contribution in [2.24, 2.45) is 0 Å². The molecule has 1 fully saturated rings. The molecule has 0 heterocycles. The maximum atomic E-state index is 11.8. The molecule has 0 saturated heterocycles. The van der Waals surface area contributed by atoms with Crippen molar-refractivity contribution >= 4 is 27.5 Å². The van der Waals surface area contributed by atoms with Gasteiger partial charge >= 0.3 is 0 Å². The number of methoxy groups -OCH3 is 1. The van der Waals surface area contributed by atoms with Gasteiger partial charge in [0, 0.05) is 23.8 Å². The van der Waals surface area contributed by atoms with E-state index in [9.17, 15) is 4.79 Å². The summed E-state index contributed by atoms with van der Waals surface area (Å²) in [5.41, 5.74) is 0.762. The number of benzene rings is 1. The number of carbonyl (C=O) groups excluding carboxylic acids is 1. The second-order valence-electron chi connectivity index (χ2n) is 4.90. The van der Waals surface area contributed by atoms with E-state index in [1.165, 1.54) is 6.42 Å². The van der Waals surface area contributed by atoms with E-state index in [-0.39, 0.29) is 11.5 Å². The molecule has 0 radical (unpaired) electrons. The minimum Gasteiger partial charge on any atom is -0.377 e. The normalized spacial score (nSPS) is 16.7. The minimum absolute atomic E-state index is 0.0344. The van der Waals surface area contributed by atoms with Crippen LogP contribution in [0, 0.1) is 0 Å². The maximum absolute atomic E-state index is 11.8. The Morgan fingerprint density at radius 3 is 2.58 bits per heavy atom. The molecule has 0 aromatic heterocycles. The van der Waals surface area contributed by atoms with Crippen molar-refractivity contribution in [2.75, 3.05) is 25.5 Å². The van der Waals surface area contributed by atoms with Gasteiger partial charge in [0.2, 0.25) is 5.91 Å². The van der Waals surface area contributed by atoms with Gasteiger partial charge < -0.3 is 15.4 Å².